The maximum atomic E-state index is 11.3. The van der Waals surface area contributed by atoms with Gasteiger partial charge in [-0.3, -0.25) is 4.79 Å². The number of hydrogen-bond donors (Lipinski definition) is 1. The summed E-state index contributed by atoms with van der Waals surface area (Å²) < 4.78 is 4.74. The average Bonchev–Trinajstić information content (AvgIpc) is 2.47. The molecule has 0 radical (unpaired) electrons. The quantitative estimate of drug-likeness (QED) is 0.664. The van der Waals surface area contributed by atoms with Crippen molar-refractivity contribution in [3.63, 3.8) is 0 Å². The van der Waals surface area contributed by atoms with Gasteiger partial charge < -0.3 is 10.1 Å². The second-order valence-electron chi connectivity index (χ2n) is 5.00. The van der Waals surface area contributed by atoms with E-state index in [4.69, 9.17) is 11.2 Å². The number of carbonyl (C=O) groups excluding carboxylic acids is 1. The second kappa shape index (κ2) is 6.40. The molecule has 0 bridgehead atoms. The summed E-state index contributed by atoms with van der Waals surface area (Å²) in [5.74, 6) is 3.28. The molecular formula is C16H19NO2. The van der Waals surface area contributed by atoms with Crippen LogP contribution >= 0.6 is 0 Å². The van der Waals surface area contributed by atoms with Gasteiger partial charge in [-0.25, -0.2) is 0 Å². The van der Waals surface area contributed by atoms with E-state index in [-0.39, 0.29) is 5.97 Å². The van der Waals surface area contributed by atoms with Crippen molar-refractivity contribution in [2.75, 3.05) is 20.2 Å². The highest BCUT2D eigenvalue weighted by Gasteiger charge is 2.24. The fraction of sp³-hybridized carbons (Fsp3) is 0.438. The Balaban J connectivity index is 2.00. The molecule has 1 N–H and O–H groups in total. The molecule has 100 valence electrons. The van der Waals surface area contributed by atoms with Crippen LogP contribution in [0.1, 0.15) is 29.9 Å². The Labute approximate surface area is 114 Å². The molecule has 3 nitrogen and oxygen atoms in total. The Morgan fingerprint density at radius 2 is 2.16 bits per heavy atom. The van der Waals surface area contributed by atoms with Crippen LogP contribution in [0.15, 0.2) is 24.3 Å². The van der Waals surface area contributed by atoms with Gasteiger partial charge in [-0.05, 0) is 42.5 Å². The van der Waals surface area contributed by atoms with Gasteiger partial charge in [0.1, 0.15) is 0 Å². The third kappa shape index (κ3) is 3.59. The molecule has 1 fully saturated rings. The lowest BCUT2D eigenvalue weighted by molar-refractivity contribution is -0.141. The Hall–Kier alpha value is -1.79. The highest BCUT2D eigenvalue weighted by molar-refractivity contribution is 5.69. The second-order valence-corrected chi connectivity index (χ2v) is 5.00. The SMILES string of the molecule is C#Cc1ccc(C2CNCC(CC(=O)OC)C2)cc1. The molecule has 0 spiro atoms. The van der Waals surface area contributed by atoms with E-state index < -0.39 is 0 Å². The fourth-order valence-corrected chi connectivity index (χ4v) is 2.61. The number of hydrogen-bond acceptors (Lipinski definition) is 3. The van der Waals surface area contributed by atoms with Crippen molar-refractivity contribution in [2.24, 2.45) is 5.92 Å². The summed E-state index contributed by atoms with van der Waals surface area (Å²) in [6, 6.07) is 8.11. The van der Waals surface area contributed by atoms with Gasteiger partial charge in [0, 0.05) is 18.5 Å². The van der Waals surface area contributed by atoms with Gasteiger partial charge in [0.2, 0.25) is 0 Å². The molecular weight excluding hydrogens is 238 g/mol. The van der Waals surface area contributed by atoms with Crippen LogP contribution in [0.25, 0.3) is 0 Å². The number of piperidine rings is 1. The van der Waals surface area contributed by atoms with Crippen molar-refractivity contribution in [3.05, 3.63) is 35.4 Å². The molecule has 1 saturated heterocycles. The number of esters is 1. The van der Waals surface area contributed by atoms with E-state index in [1.165, 1.54) is 12.7 Å². The highest BCUT2D eigenvalue weighted by atomic mass is 16.5. The molecule has 1 heterocycles. The summed E-state index contributed by atoms with van der Waals surface area (Å²) in [4.78, 5) is 11.3. The molecule has 1 aliphatic heterocycles. The Morgan fingerprint density at radius 3 is 2.79 bits per heavy atom. The van der Waals surface area contributed by atoms with E-state index >= 15 is 0 Å². The van der Waals surface area contributed by atoms with Crippen molar-refractivity contribution >= 4 is 5.97 Å². The first-order chi connectivity index (χ1) is 9.22. The van der Waals surface area contributed by atoms with E-state index in [1.54, 1.807) is 0 Å². The van der Waals surface area contributed by atoms with Gasteiger partial charge in [0.25, 0.3) is 0 Å². The Morgan fingerprint density at radius 1 is 1.42 bits per heavy atom. The van der Waals surface area contributed by atoms with Crippen molar-refractivity contribution < 1.29 is 9.53 Å². The van der Waals surface area contributed by atoms with E-state index in [2.05, 4.69) is 23.4 Å². The standard InChI is InChI=1S/C16H19NO2/c1-3-12-4-6-14(7-5-12)15-8-13(10-17-11-15)9-16(18)19-2/h1,4-7,13,15,17H,8-11H2,2H3. The van der Waals surface area contributed by atoms with Crippen LogP contribution in [0.2, 0.25) is 0 Å². The number of ether oxygens (including phenoxy) is 1. The predicted octanol–water partition coefficient (Wildman–Crippen LogP) is 1.92. The van der Waals surface area contributed by atoms with Gasteiger partial charge in [-0.2, -0.15) is 0 Å². The van der Waals surface area contributed by atoms with Gasteiger partial charge in [-0.1, -0.05) is 18.1 Å². The average molecular weight is 257 g/mol. The summed E-state index contributed by atoms with van der Waals surface area (Å²) in [5, 5.41) is 3.39. The van der Waals surface area contributed by atoms with Gasteiger partial charge in [0.15, 0.2) is 0 Å². The maximum absolute atomic E-state index is 11.3. The van der Waals surface area contributed by atoms with E-state index in [9.17, 15) is 4.79 Å². The molecule has 19 heavy (non-hydrogen) atoms. The van der Waals surface area contributed by atoms with Crippen LogP contribution in [-0.4, -0.2) is 26.2 Å². The molecule has 0 aliphatic carbocycles. The van der Waals surface area contributed by atoms with Crippen LogP contribution in [0.5, 0.6) is 0 Å². The predicted molar refractivity (Wildman–Crippen MR) is 74.7 cm³/mol. The minimum absolute atomic E-state index is 0.130. The van der Waals surface area contributed by atoms with Crippen LogP contribution < -0.4 is 5.32 Å². The molecule has 2 atom stereocenters. The number of nitrogens with one attached hydrogen (secondary N) is 1. The van der Waals surface area contributed by atoms with Crippen molar-refractivity contribution in [1.29, 1.82) is 0 Å². The molecule has 2 rings (SSSR count). The summed E-state index contributed by atoms with van der Waals surface area (Å²) >= 11 is 0. The van der Waals surface area contributed by atoms with E-state index in [1.807, 2.05) is 12.1 Å². The first-order valence-electron chi connectivity index (χ1n) is 6.57. The number of terminal acetylenes is 1. The number of rotatable bonds is 3. The third-order valence-corrected chi connectivity index (χ3v) is 3.67. The zero-order valence-corrected chi connectivity index (χ0v) is 11.2. The summed E-state index contributed by atoms with van der Waals surface area (Å²) in [5.41, 5.74) is 2.18. The molecule has 1 aliphatic rings. The highest BCUT2D eigenvalue weighted by Crippen LogP contribution is 2.28. The monoisotopic (exact) mass is 257 g/mol. The van der Waals surface area contributed by atoms with Gasteiger partial charge in [-0.15, -0.1) is 6.42 Å². The molecule has 0 saturated carbocycles. The normalized spacial score (nSPS) is 22.5. The molecule has 3 heteroatoms. The lowest BCUT2D eigenvalue weighted by atomic mass is 9.84. The van der Waals surface area contributed by atoms with E-state index in [0.717, 1.165) is 25.1 Å². The molecule has 0 amide bonds. The van der Waals surface area contributed by atoms with Crippen LogP contribution in [0.3, 0.4) is 0 Å². The van der Waals surface area contributed by atoms with Crippen LogP contribution in [0.4, 0.5) is 0 Å². The fourth-order valence-electron chi connectivity index (χ4n) is 2.61. The third-order valence-electron chi connectivity index (χ3n) is 3.67. The van der Waals surface area contributed by atoms with Gasteiger partial charge >= 0.3 is 5.97 Å². The summed E-state index contributed by atoms with van der Waals surface area (Å²) in [7, 11) is 1.44. The first kappa shape index (κ1) is 13.6. The van der Waals surface area contributed by atoms with E-state index in [0.29, 0.717) is 18.3 Å². The van der Waals surface area contributed by atoms with Crippen molar-refractivity contribution in [3.8, 4) is 12.3 Å². The lowest BCUT2D eigenvalue weighted by Crippen LogP contribution is -2.36. The van der Waals surface area contributed by atoms with Crippen LogP contribution in [-0.2, 0) is 9.53 Å². The number of methoxy groups -OCH3 is 1. The maximum Gasteiger partial charge on any atom is 0.305 e. The molecule has 1 aromatic rings. The van der Waals surface area contributed by atoms with Gasteiger partial charge in [0.05, 0.1) is 7.11 Å². The summed E-state index contributed by atoms with van der Waals surface area (Å²) in [6.45, 7) is 1.83. The largest absolute Gasteiger partial charge is 0.469 e. The smallest absolute Gasteiger partial charge is 0.305 e. The Kier molecular flexibility index (Phi) is 4.59. The Bertz CT molecular complexity index is 473. The summed E-state index contributed by atoms with van der Waals surface area (Å²) in [6.07, 6.45) is 6.86. The first-order valence-corrected chi connectivity index (χ1v) is 6.57. The topological polar surface area (TPSA) is 38.3 Å². The van der Waals surface area contributed by atoms with Crippen molar-refractivity contribution in [1.82, 2.24) is 5.32 Å². The van der Waals surface area contributed by atoms with Crippen LogP contribution in [0, 0.1) is 18.3 Å². The zero-order valence-electron chi connectivity index (χ0n) is 11.2. The number of carbonyl (C=O) groups is 1. The molecule has 2 unspecified atom stereocenters. The minimum atomic E-state index is -0.130. The zero-order chi connectivity index (χ0) is 13.7. The molecule has 1 aromatic carbocycles. The minimum Gasteiger partial charge on any atom is -0.469 e. The lowest BCUT2D eigenvalue weighted by Gasteiger charge is -2.29. The van der Waals surface area contributed by atoms with Crippen molar-refractivity contribution in [2.45, 2.75) is 18.8 Å². The number of benzene rings is 1. The molecule has 0 aromatic heterocycles.